The van der Waals surface area contributed by atoms with E-state index in [2.05, 4.69) is 5.32 Å². The lowest BCUT2D eigenvalue weighted by molar-refractivity contribution is -0.137. The molecule has 0 radical (unpaired) electrons. The number of nitrogens with one attached hydrogen (secondary N) is 1. The average molecular weight is 346 g/mol. The van der Waals surface area contributed by atoms with Gasteiger partial charge in [0, 0.05) is 30.7 Å². The first-order chi connectivity index (χ1) is 12.1. The van der Waals surface area contributed by atoms with E-state index < -0.39 is 5.82 Å². The molecule has 0 aromatic heterocycles. The lowest BCUT2D eigenvalue weighted by Gasteiger charge is -2.36. The number of rotatable bonds is 4. The summed E-state index contributed by atoms with van der Waals surface area (Å²) in [6, 6.07) is 4.84. The second-order valence-electron chi connectivity index (χ2n) is 7.30. The van der Waals surface area contributed by atoms with E-state index >= 15 is 0 Å². The summed E-state index contributed by atoms with van der Waals surface area (Å²) in [4.78, 5) is 26.3. The molecule has 1 heterocycles. The number of ketones is 1. The van der Waals surface area contributed by atoms with Crippen molar-refractivity contribution in [2.75, 3.05) is 18.4 Å². The SMILES string of the molecule is CC(=O)c1c(F)cccc1NC1CCN(C(=O)C2CCCCC2)CC1. The number of benzene rings is 1. The fourth-order valence-corrected chi connectivity index (χ4v) is 4.07. The van der Waals surface area contributed by atoms with Crippen LogP contribution < -0.4 is 5.32 Å². The number of carbonyl (C=O) groups excluding carboxylic acids is 2. The Balaban J connectivity index is 1.57. The van der Waals surface area contributed by atoms with E-state index in [1.807, 2.05) is 4.90 Å². The van der Waals surface area contributed by atoms with Crippen LogP contribution in [0.5, 0.6) is 0 Å². The molecule has 0 bridgehead atoms. The van der Waals surface area contributed by atoms with Gasteiger partial charge in [-0.15, -0.1) is 0 Å². The number of carbonyl (C=O) groups is 2. The number of hydrogen-bond acceptors (Lipinski definition) is 3. The Morgan fingerprint density at radius 2 is 1.76 bits per heavy atom. The maximum atomic E-state index is 13.9. The highest BCUT2D eigenvalue weighted by atomic mass is 19.1. The predicted octanol–water partition coefficient (Wildman–Crippen LogP) is 4.01. The smallest absolute Gasteiger partial charge is 0.225 e. The highest BCUT2D eigenvalue weighted by Crippen LogP contribution is 2.28. The number of hydrogen-bond donors (Lipinski definition) is 1. The van der Waals surface area contributed by atoms with Gasteiger partial charge >= 0.3 is 0 Å². The van der Waals surface area contributed by atoms with Crippen LogP contribution in [0.4, 0.5) is 10.1 Å². The number of anilines is 1. The largest absolute Gasteiger partial charge is 0.382 e. The molecule has 1 saturated heterocycles. The number of amides is 1. The van der Waals surface area contributed by atoms with E-state index in [1.54, 1.807) is 12.1 Å². The first-order valence-electron chi connectivity index (χ1n) is 9.41. The van der Waals surface area contributed by atoms with Crippen molar-refractivity contribution in [1.29, 1.82) is 0 Å². The minimum atomic E-state index is -0.484. The van der Waals surface area contributed by atoms with E-state index in [-0.39, 0.29) is 23.3 Å². The molecule has 1 aliphatic carbocycles. The number of halogens is 1. The van der Waals surface area contributed by atoms with E-state index in [1.165, 1.54) is 32.3 Å². The summed E-state index contributed by atoms with van der Waals surface area (Å²) >= 11 is 0. The van der Waals surface area contributed by atoms with E-state index in [9.17, 15) is 14.0 Å². The van der Waals surface area contributed by atoms with Crippen LogP contribution in [0.2, 0.25) is 0 Å². The van der Waals surface area contributed by atoms with Crippen molar-refractivity contribution in [2.24, 2.45) is 5.92 Å². The zero-order chi connectivity index (χ0) is 17.8. The number of likely N-dealkylation sites (tertiary alicyclic amines) is 1. The molecule has 1 aliphatic heterocycles. The summed E-state index contributed by atoms with van der Waals surface area (Å²) in [6.45, 7) is 2.85. The van der Waals surface area contributed by atoms with Crippen molar-refractivity contribution in [3.63, 3.8) is 0 Å². The molecule has 1 N–H and O–H groups in total. The zero-order valence-corrected chi connectivity index (χ0v) is 14.9. The Kier molecular flexibility index (Phi) is 5.71. The Bertz CT molecular complexity index is 633. The summed E-state index contributed by atoms with van der Waals surface area (Å²) < 4.78 is 13.9. The molecule has 0 atom stereocenters. The molecular weight excluding hydrogens is 319 g/mol. The molecule has 0 unspecified atom stereocenters. The van der Waals surface area contributed by atoms with Crippen LogP contribution in [0.1, 0.15) is 62.2 Å². The summed E-state index contributed by atoms with van der Waals surface area (Å²) in [5, 5.41) is 3.31. The minimum absolute atomic E-state index is 0.128. The van der Waals surface area contributed by atoms with E-state index in [0.29, 0.717) is 11.6 Å². The first kappa shape index (κ1) is 17.9. The van der Waals surface area contributed by atoms with E-state index in [4.69, 9.17) is 0 Å². The molecule has 2 aliphatic rings. The second-order valence-corrected chi connectivity index (χ2v) is 7.30. The van der Waals surface area contributed by atoms with Gasteiger partial charge in [0.25, 0.3) is 0 Å². The van der Waals surface area contributed by atoms with Crippen molar-refractivity contribution in [1.82, 2.24) is 4.90 Å². The quantitative estimate of drug-likeness (QED) is 0.838. The van der Waals surface area contributed by atoms with Crippen LogP contribution in [0.15, 0.2) is 18.2 Å². The molecule has 5 heteroatoms. The lowest BCUT2D eigenvalue weighted by atomic mass is 9.87. The summed E-state index contributed by atoms with van der Waals surface area (Å²) in [5.41, 5.74) is 0.688. The molecule has 0 spiro atoms. The Morgan fingerprint density at radius 3 is 2.40 bits per heavy atom. The van der Waals surface area contributed by atoms with Gasteiger partial charge in [-0.3, -0.25) is 9.59 Å². The highest BCUT2D eigenvalue weighted by Gasteiger charge is 2.29. The summed E-state index contributed by atoms with van der Waals surface area (Å²) in [6.07, 6.45) is 7.30. The molecule has 1 saturated carbocycles. The van der Waals surface area contributed by atoms with Gasteiger partial charge in [-0.25, -0.2) is 4.39 Å². The van der Waals surface area contributed by atoms with Gasteiger partial charge in [-0.1, -0.05) is 25.3 Å². The highest BCUT2D eigenvalue weighted by molar-refractivity contribution is 5.99. The van der Waals surface area contributed by atoms with Gasteiger partial charge in [-0.05, 0) is 44.7 Å². The number of Topliss-reactive ketones (excluding diaryl/α,β-unsaturated/α-hetero) is 1. The van der Waals surface area contributed by atoms with Crippen LogP contribution in [-0.4, -0.2) is 35.7 Å². The van der Waals surface area contributed by atoms with Crippen LogP contribution in [0.25, 0.3) is 0 Å². The molecule has 3 rings (SSSR count). The Morgan fingerprint density at radius 1 is 1.08 bits per heavy atom. The summed E-state index contributed by atoms with van der Waals surface area (Å²) in [5.74, 6) is -0.230. The zero-order valence-electron chi connectivity index (χ0n) is 14.9. The topological polar surface area (TPSA) is 49.4 Å². The van der Waals surface area contributed by atoms with Crippen molar-refractivity contribution in [2.45, 2.75) is 57.9 Å². The molecular formula is C20H27FN2O2. The van der Waals surface area contributed by atoms with Crippen LogP contribution in [0.3, 0.4) is 0 Å². The number of nitrogens with zero attached hydrogens (tertiary/aromatic N) is 1. The van der Waals surface area contributed by atoms with Gasteiger partial charge in [0.05, 0.1) is 5.56 Å². The monoisotopic (exact) mass is 346 g/mol. The van der Waals surface area contributed by atoms with Gasteiger partial charge in [0.1, 0.15) is 5.82 Å². The third-order valence-corrected chi connectivity index (χ3v) is 5.49. The second kappa shape index (κ2) is 7.98. The molecule has 25 heavy (non-hydrogen) atoms. The number of piperidine rings is 1. The van der Waals surface area contributed by atoms with Gasteiger partial charge in [0.2, 0.25) is 5.91 Å². The molecule has 1 amide bonds. The normalized spacial score (nSPS) is 19.7. The third kappa shape index (κ3) is 4.20. The van der Waals surface area contributed by atoms with Crippen molar-refractivity contribution in [3.8, 4) is 0 Å². The maximum absolute atomic E-state index is 13.9. The average Bonchev–Trinajstić information content (AvgIpc) is 2.62. The van der Waals surface area contributed by atoms with Crippen molar-refractivity contribution >= 4 is 17.4 Å². The van der Waals surface area contributed by atoms with Crippen LogP contribution >= 0.6 is 0 Å². The molecule has 136 valence electrons. The predicted molar refractivity (Wildman–Crippen MR) is 96.2 cm³/mol. The Hall–Kier alpha value is -1.91. The van der Waals surface area contributed by atoms with Crippen molar-refractivity contribution < 1.29 is 14.0 Å². The van der Waals surface area contributed by atoms with Gasteiger partial charge in [-0.2, -0.15) is 0 Å². The maximum Gasteiger partial charge on any atom is 0.225 e. The molecule has 1 aromatic carbocycles. The van der Waals surface area contributed by atoms with Crippen LogP contribution in [0, 0.1) is 11.7 Å². The van der Waals surface area contributed by atoms with Gasteiger partial charge < -0.3 is 10.2 Å². The fraction of sp³-hybridized carbons (Fsp3) is 0.600. The van der Waals surface area contributed by atoms with Gasteiger partial charge in [0.15, 0.2) is 5.78 Å². The lowest BCUT2D eigenvalue weighted by Crippen LogP contribution is -2.45. The fourth-order valence-electron chi connectivity index (χ4n) is 4.07. The molecule has 4 nitrogen and oxygen atoms in total. The molecule has 1 aromatic rings. The molecule has 2 fully saturated rings. The first-order valence-corrected chi connectivity index (χ1v) is 9.41. The third-order valence-electron chi connectivity index (χ3n) is 5.49. The minimum Gasteiger partial charge on any atom is -0.382 e. The summed E-state index contributed by atoms with van der Waals surface area (Å²) in [7, 11) is 0. The van der Waals surface area contributed by atoms with E-state index in [0.717, 1.165) is 38.8 Å². The van der Waals surface area contributed by atoms with Crippen LogP contribution in [-0.2, 0) is 4.79 Å². The Labute approximate surface area is 148 Å². The van der Waals surface area contributed by atoms with Crippen molar-refractivity contribution in [3.05, 3.63) is 29.6 Å². The standard InChI is InChI=1S/C20H27FN2O2/c1-14(24)19-17(21)8-5-9-18(19)22-16-10-12-23(13-11-16)20(25)15-6-3-2-4-7-15/h5,8-9,15-16,22H,2-4,6-7,10-13H2,1H3.